The van der Waals surface area contributed by atoms with Crippen LogP contribution in [0, 0.1) is 0 Å². The summed E-state index contributed by atoms with van der Waals surface area (Å²) in [4.78, 5) is 2.39. The minimum atomic E-state index is 0.890. The normalized spacial score (nSPS) is 11.8. The molecule has 2 aromatic heterocycles. The Kier molecular flexibility index (Phi) is 8.12. The number of nitrogens with zero attached hydrogens (tertiary/aromatic N) is 1. The smallest absolute Gasteiger partial charge is 0.143 e. The topological polar surface area (TPSA) is 16.4 Å². The van der Waals surface area contributed by atoms with E-state index < -0.39 is 0 Å². The molecular weight excluding hydrogens is 783 g/mol. The number of thiophene rings is 1. The first-order valence-electron chi connectivity index (χ1n) is 21.5. The summed E-state index contributed by atoms with van der Waals surface area (Å²) < 4.78 is 9.45. The van der Waals surface area contributed by atoms with Gasteiger partial charge < -0.3 is 9.32 Å². The van der Waals surface area contributed by atoms with E-state index in [1.807, 2.05) is 11.3 Å². The highest BCUT2D eigenvalue weighted by atomic mass is 32.1. The summed E-state index contributed by atoms with van der Waals surface area (Å²) in [6, 6.07) is 81.7. The Morgan fingerprint density at radius 2 is 0.921 bits per heavy atom. The summed E-state index contributed by atoms with van der Waals surface area (Å²) in [6.07, 6.45) is 0. The molecule has 0 fully saturated rings. The van der Waals surface area contributed by atoms with E-state index in [1.54, 1.807) is 0 Å². The molecule has 0 saturated carbocycles. The highest BCUT2D eigenvalue weighted by molar-refractivity contribution is 7.26. The summed E-state index contributed by atoms with van der Waals surface area (Å²) in [6.45, 7) is 0. The van der Waals surface area contributed by atoms with Crippen molar-refractivity contribution in [2.75, 3.05) is 4.90 Å². The number of rotatable bonds is 6. The quantitative estimate of drug-likeness (QED) is 0.155. The molecule has 0 spiro atoms. The molecule has 0 N–H and O–H groups in total. The first-order chi connectivity index (χ1) is 31.2. The predicted octanol–water partition coefficient (Wildman–Crippen LogP) is 17.9. The van der Waals surface area contributed by atoms with Gasteiger partial charge in [-0.05, 0) is 109 Å². The van der Waals surface area contributed by atoms with Gasteiger partial charge in [0.15, 0.2) is 0 Å². The maximum absolute atomic E-state index is 6.82. The minimum absolute atomic E-state index is 0.890. The highest BCUT2D eigenvalue weighted by Gasteiger charge is 2.21. The third-order valence-corrected chi connectivity index (χ3v) is 14.1. The second kappa shape index (κ2) is 14.3. The van der Waals surface area contributed by atoms with Crippen LogP contribution in [0.1, 0.15) is 0 Å². The van der Waals surface area contributed by atoms with Crippen molar-refractivity contribution in [2.24, 2.45) is 0 Å². The zero-order chi connectivity index (χ0) is 41.4. The van der Waals surface area contributed by atoms with Crippen molar-refractivity contribution in [3.8, 4) is 33.4 Å². The van der Waals surface area contributed by atoms with Gasteiger partial charge in [-0.15, -0.1) is 11.3 Å². The van der Waals surface area contributed by atoms with Gasteiger partial charge in [-0.3, -0.25) is 0 Å². The van der Waals surface area contributed by atoms with Crippen LogP contribution in [-0.4, -0.2) is 0 Å². The van der Waals surface area contributed by atoms with Crippen LogP contribution in [0.2, 0.25) is 0 Å². The zero-order valence-corrected chi connectivity index (χ0v) is 34.9. The molecular formula is C60H37NOS. The van der Waals surface area contributed by atoms with Crippen molar-refractivity contribution < 1.29 is 4.42 Å². The average molecular weight is 820 g/mol. The molecule has 294 valence electrons. The lowest BCUT2D eigenvalue weighted by Gasteiger charge is -2.28. The van der Waals surface area contributed by atoms with E-state index in [0.29, 0.717) is 0 Å². The van der Waals surface area contributed by atoms with Crippen molar-refractivity contribution in [3.63, 3.8) is 0 Å². The Hall–Kier alpha value is -7.98. The SMILES string of the molecule is c1ccc(N(c2ccc(-c3ccc4c(ccc5ccccc54)c3)cc2)c2ccc(-c3cccc4c3sc3ccccc34)cc2)c(-c2cccc3c2oc2cc4ccccc4cc23)c1. The van der Waals surface area contributed by atoms with Gasteiger partial charge in [-0.25, -0.2) is 0 Å². The fourth-order valence-electron chi connectivity index (χ4n) is 9.78. The van der Waals surface area contributed by atoms with Gasteiger partial charge in [0.25, 0.3) is 0 Å². The summed E-state index contributed by atoms with van der Waals surface area (Å²) in [5, 5.41) is 12.3. The number of anilines is 3. The van der Waals surface area contributed by atoms with E-state index in [2.05, 4.69) is 229 Å². The molecule has 2 nitrogen and oxygen atoms in total. The van der Waals surface area contributed by atoms with Crippen LogP contribution in [0.4, 0.5) is 17.1 Å². The van der Waals surface area contributed by atoms with Crippen molar-refractivity contribution in [3.05, 3.63) is 224 Å². The number of furan rings is 1. The van der Waals surface area contributed by atoms with Crippen LogP contribution in [0.5, 0.6) is 0 Å². The lowest BCUT2D eigenvalue weighted by atomic mass is 9.97. The summed E-state index contributed by atoms with van der Waals surface area (Å²) >= 11 is 1.87. The number of para-hydroxylation sites is 2. The number of hydrogen-bond acceptors (Lipinski definition) is 3. The van der Waals surface area contributed by atoms with Gasteiger partial charge in [-0.2, -0.15) is 0 Å². The molecule has 0 aliphatic rings. The molecule has 63 heavy (non-hydrogen) atoms. The number of hydrogen-bond donors (Lipinski definition) is 0. The molecule has 13 rings (SSSR count). The molecule has 2 heterocycles. The predicted molar refractivity (Wildman–Crippen MR) is 270 cm³/mol. The third kappa shape index (κ3) is 5.85. The first kappa shape index (κ1) is 35.7. The maximum atomic E-state index is 6.82. The largest absolute Gasteiger partial charge is 0.455 e. The van der Waals surface area contributed by atoms with Crippen molar-refractivity contribution in [2.45, 2.75) is 0 Å². The van der Waals surface area contributed by atoms with E-state index in [-0.39, 0.29) is 0 Å². The van der Waals surface area contributed by atoms with Crippen molar-refractivity contribution >= 4 is 103 Å². The molecule has 0 radical (unpaired) electrons. The minimum Gasteiger partial charge on any atom is -0.455 e. The fourth-order valence-corrected chi connectivity index (χ4v) is 11.0. The van der Waals surface area contributed by atoms with Gasteiger partial charge in [-0.1, -0.05) is 170 Å². The Bertz CT molecular complexity index is 3910. The Morgan fingerprint density at radius 3 is 1.75 bits per heavy atom. The summed E-state index contributed by atoms with van der Waals surface area (Å²) in [5.41, 5.74) is 12.0. The van der Waals surface area contributed by atoms with Crippen LogP contribution in [-0.2, 0) is 0 Å². The Morgan fingerprint density at radius 1 is 0.333 bits per heavy atom. The Labute approximate surface area is 368 Å². The maximum Gasteiger partial charge on any atom is 0.143 e. The highest BCUT2D eigenvalue weighted by Crippen LogP contribution is 2.46. The molecule has 0 atom stereocenters. The number of benzene rings is 11. The molecule has 11 aromatic carbocycles. The lowest BCUT2D eigenvalue weighted by molar-refractivity contribution is 0.670. The molecule has 0 aliphatic carbocycles. The number of fused-ring (bicyclic) bond motifs is 10. The molecule has 3 heteroatoms. The van der Waals surface area contributed by atoms with Crippen LogP contribution in [0.25, 0.3) is 108 Å². The van der Waals surface area contributed by atoms with E-state index >= 15 is 0 Å². The van der Waals surface area contributed by atoms with E-state index in [0.717, 1.165) is 50.1 Å². The van der Waals surface area contributed by atoms with Gasteiger partial charge in [0.1, 0.15) is 11.2 Å². The average Bonchev–Trinajstić information content (AvgIpc) is 3.92. The summed E-state index contributed by atoms with van der Waals surface area (Å²) in [5.74, 6) is 0. The fraction of sp³-hybridized carbons (Fsp3) is 0. The lowest BCUT2D eigenvalue weighted by Crippen LogP contribution is -2.11. The van der Waals surface area contributed by atoms with Crippen LogP contribution < -0.4 is 4.90 Å². The van der Waals surface area contributed by atoms with Crippen molar-refractivity contribution in [1.29, 1.82) is 0 Å². The van der Waals surface area contributed by atoms with Gasteiger partial charge >= 0.3 is 0 Å². The van der Waals surface area contributed by atoms with E-state index in [4.69, 9.17) is 4.42 Å². The monoisotopic (exact) mass is 819 g/mol. The van der Waals surface area contributed by atoms with Crippen LogP contribution >= 0.6 is 11.3 Å². The molecule has 0 saturated heterocycles. The first-order valence-corrected chi connectivity index (χ1v) is 22.3. The van der Waals surface area contributed by atoms with Crippen LogP contribution in [0.3, 0.4) is 0 Å². The molecule has 13 aromatic rings. The standard InChI is InChI=1S/C60H37NOS/c1-2-13-42-37-57-55(36-41(42)12-1)53-19-10-18-52(59(53)62-57)50-15-5-7-21-56(50)61(46-32-27-40(28-33-46)49-17-9-20-54-51-16-6-8-22-58(51)63-60(49)54)45-30-25-38(26-31-45)43-29-34-48-44(35-43)24-23-39-11-3-4-14-47(39)48/h1-37H. The third-order valence-electron chi connectivity index (χ3n) is 12.8. The van der Waals surface area contributed by atoms with E-state index in [9.17, 15) is 0 Å². The van der Waals surface area contributed by atoms with E-state index in [1.165, 1.54) is 74.7 Å². The van der Waals surface area contributed by atoms with Crippen LogP contribution in [0.15, 0.2) is 229 Å². The van der Waals surface area contributed by atoms with Gasteiger partial charge in [0.2, 0.25) is 0 Å². The second-order valence-corrected chi connectivity index (χ2v) is 17.5. The molecule has 0 aliphatic heterocycles. The van der Waals surface area contributed by atoms with Gasteiger partial charge in [0, 0.05) is 53.4 Å². The van der Waals surface area contributed by atoms with Gasteiger partial charge in [0.05, 0.1) is 5.69 Å². The summed E-state index contributed by atoms with van der Waals surface area (Å²) in [7, 11) is 0. The second-order valence-electron chi connectivity index (χ2n) is 16.4. The zero-order valence-electron chi connectivity index (χ0n) is 34.1. The molecule has 0 amide bonds. The molecule has 0 bridgehead atoms. The molecule has 0 unspecified atom stereocenters. The van der Waals surface area contributed by atoms with Crippen molar-refractivity contribution in [1.82, 2.24) is 0 Å². The Balaban J connectivity index is 0.957.